The predicted octanol–water partition coefficient (Wildman–Crippen LogP) is 4.77. The number of rotatable bonds is 5. The number of nitrogens with zero attached hydrogens (tertiary/aromatic N) is 1. The minimum absolute atomic E-state index is 0.0688. The second-order valence-corrected chi connectivity index (χ2v) is 6.53. The highest BCUT2D eigenvalue weighted by molar-refractivity contribution is 8.00. The monoisotopic (exact) mass is 324 g/mol. The van der Waals surface area contributed by atoms with E-state index in [0.29, 0.717) is 5.56 Å². The number of hydrogen-bond donors (Lipinski definition) is 1. The number of hydrogen-bond acceptors (Lipinski definition) is 4. The third-order valence-electron chi connectivity index (χ3n) is 3.88. The van der Waals surface area contributed by atoms with Gasteiger partial charge in [-0.2, -0.15) is 0 Å². The van der Waals surface area contributed by atoms with Crippen LogP contribution in [0.1, 0.15) is 24.2 Å². The third kappa shape index (κ3) is 3.27. The first kappa shape index (κ1) is 15.7. The average molecular weight is 324 g/mol. The fourth-order valence-electron chi connectivity index (χ4n) is 2.75. The van der Waals surface area contributed by atoms with Crippen molar-refractivity contribution in [2.75, 3.05) is 16.8 Å². The minimum Gasteiger partial charge on any atom is -0.361 e. The zero-order valence-corrected chi connectivity index (χ0v) is 14.1. The van der Waals surface area contributed by atoms with E-state index in [9.17, 15) is 4.79 Å². The minimum atomic E-state index is 0.0688. The third-order valence-corrected chi connectivity index (χ3v) is 5.13. The summed E-state index contributed by atoms with van der Waals surface area (Å²) in [4.78, 5) is 15.3. The van der Waals surface area contributed by atoms with Gasteiger partial charge in [0.2, 0.25) is 0 Å². The van der Waals surface area contributed by atoms with Crippen LogP contribution in [0.15, 0.2) is 65.7 Å². The molecule has 0 fully saturated rings. The second kappa shape index (κ2) is 6.92. The number of likely N-dealkylation sites (N-methyl/N-ethyl adjacent to an activating group) is 1. The molecule has 1 aliphatic rings. The van der Waals surface area contributed by atoms with E-state index in [0.717, 1.165) is 12.2 Å². The van der Waals surface area contributed by atoms with Crippen LogP contribution in [-0.4, -0.2) is 17.7 Å². The number of fused-ring (bicyclic) bond motifs is 1. The van der Waals surface area contributed by atoms with Gasteiger partial charge in [-0.15, -0.1) is 0 Å². The Balaban J connectivity index is 1.74. The first-order valence-corrected chi connectivity index (χ1v) is 8.64. The molecule has 0 unspecified atom stereocenters. The summed E-state index contributed by atoms with van der Waals surface area (Å²) in [6, 6.07) is 16.1. The molecule has 3 nitrogen and oxygen atoms in total. The number of Topliss-reactive ketones (excluding diaryl/α,β-unsaturated/α-hetero) is 1. The molecule has 0 amide bonds. The maximum atomic E-state index is 11.7. The standard InChI is InChI=1S/C19H20N2OS/c1-3-21-17-10-6-7-11-18(17)23-19(21)12-13-20-16-9-5-4-8-15(16)14(2)22/h4-13,19-20H,3H2,1-2H3/b13-12+/t19-/m1/s1. The maximum Gasteiger partial charge on any atom is 0.161 e. The molecule has 1 N–H and O–H groups in total. The molecule has 3 rings (SSSR count). The molecule has 1 aliphatic heterocycles. The lowest BCUT2D eigenvalue weighted by Gasteiger charge is -2.22. The Morgan fingerprint density at radius 1 is 1.22 bits per heavy atom. The topological polar surface area (TPSA) is 32.3 Å². The van der Waals surface area contributed by atoms with Gasteiger partial charge in [0.25, 0.3) is 0 Å². The van der Waals surface area contributed by atoms with Gasteiger partial charge in [-0.1, -0.05) is 36.0 Å². The van der Waals surface area contributed by atoms with Gasteiger partial charge in [-0.25, -0.2) is 0 Å². The highest BCUT2D eigenvalue weighted by Gasteiger charge is 2.26. The van der Waals surface area contributed by atoms with Crippen LogP contribution in [0.25, 0.3) is 0 Å². The van der Waals surface area contributed by atoms with E-state index < -0.39 is 0 Å². The van der Waals surface area contributed by atoms with E-state index in [1.165, 1.54) is 10.6 Å². The summed E-state index contributed by atoms with van der Waals surface area (Å²) in [6.45, 7) is 4.72. The predicted molar refractivity (Wildman–Crippen MR) is 98.3 cm³/mol. The summed E-state index contributed by atoms with van der Waals surface area (Å²) < 4.78 is 0. The van der Waals surface area contributed by atoms with Crippen molar-refractivity contribution in [3.8, 4) is 0 Å². The molecule has 0 aromatic heterocycles. The molecule has 1 heterocycles. The number of carbonyl (C=O) groups excluding carboxylic acids is 1. The van der Waals surface area contributed by atoms with Gasteiger partial charge >= 0.3 is 0 Å². The number of anilines is 2. The first-order chi connectivity index (χ1) is 11.2. The second-order valence-electron chi connectivity index (χ2n) is 5.37. The summed E-state index contributed by atoms with van der Waals surface area (Å²) in [6.07, 6.45) is 4.08. The highest BCUT2D eigenvalue weighted by atomic mass is 32.2. The Kier molecular flexibility index (Phi) is 4.72. The van der Waals surface area contributed by atoms with Gasteiger partial charge in [-0.3, -0.25) is 4.79 Å². The van der Waals surface area contributed by atoms with E-state index >= 15 is 0 Å². The van der Waals surface area contributed by atoms with E-state index in [2.05, 4.69) is 47.5 Å². The number of ketones is 1. The van der Waals surface area contributed by atoms with Crippen molar-refractivity contribution < 1.29 is 4.79 Å². The molecule has 0 saturated heterocycles. The van der Waals surface area contributed by atoms with Crippen LogP contribution < -0.4 is 10.2 Å². The molecule has 2 aromatic rings. The van der Waals surface area contributed by atoms with Crippen LogP contribution in [0.4, 0.5) is 11.4 Å². The van der Waals surface area contributed by atoms with Crippen molar-refractivity contribution >= 4 is 28.9 Å². The smallest absolute Gasteiger partial charge is 0.161 e. The molecule has 0 spiro atoms. The van der Waals surface area contributed by atoms with Crippen LogP contribution in [0.5, 0.6) is 0 Å². The lowest BCUT2D eigenvalue weighted by atomic mass is 10.1. The molecule has 0 bridgehead atoms. The Hall–Kier alpha value is -2.20. The zero-order valence-electron chi connectivity index (χ0n) is 13.3. The van der Waals surface area contributed by atoms with Crippen molar-refractivity contribution in [3.05, 3.63) is 66.4 Å². The number of carbonyl (C=O) groups is 1. The van der Waals surface area contributed by atoms with Crippen molar-refractivity contribution in [1.29, 1.82) is 0 Å². The molecule has 118 valence electrons. The molecule has 23 heavy (non-hydrogen) atoms. The molecule has 2 aromatic carbocycles. The summed E-state index contributed by atoms with van der Waals surface area (Å²) in [7, 11) is 0. The van der Waals surface area contributed by atoms with Gasteiger partial charge < -0.3 is 10.2 Å². The molecule has 4 heteroatoms. The van der Waals surface area contributed by atoms with Gasteiger partial charge in [0.05, 0.1) is 11.1 Å². The number of benzene rings is 2. The van der Waals surface area contributed by atoms with Crippen LogP contribution >= 0.6 is 11.8 Å². The van der Waals surface area contributed by atoms with Crippen molar-refractivity contribution in [3.63, 3.8) is 0 Å². The molecular formula is C19H20N2OS. The van der Waals surface area contributed by atoms with Crippen molar-refractivity contribution in [1.82, 2.24) is 0 Å². The van der Waals surface area contributed by atoms with E-state index in [1.807, 2.05) is 42.2 Å². The fourth-order valence-corrected chi connectivity index (χ4v) is 4.02. The molecule has 0 saturated carbocycles. The van der Waals surface area contributed by atoms with Crippen molar-refractivity contribution in [2.24, 2.45) is 0 Å². The SMILES string of the molecule is CCN1c2ccccc2S[C@@H]1/C=C/Nc1ccccc1C(C)=O. The van der Waals surface area contributed by atoms with Gasteiger partial charge in [0.1, 0.15) is 0 Å². The molecular weight excluding hydrogens is 304 g/mol. The van der Waals surface area contributed by atoms with Gasteiger partial charge in [0, 0.05) is 22.7 Å². The van der Waals surface area contributed by atoms with E-state index in [1.54, 1.807) is 6.92 Å². The van der Waals surface area contributed by atoms with Crippen LogP contribution in [0.3, 0.4) is 0 Å². The van der Waals surface area contributed by atoms with Gasteiger partial charge in [-0.05, 0) is 50.4 Å². The first-order valence-electron chi connectivity index (χ1n) is 7.76. The van der Waals surface area contributed by atoms with Gasteiger partial charge in [0.15, 0.2) is 5.78 Å². The Morgan fingerprint density at radius 3 is 2.74 bits per heavy atom. The lowest BCUT2D eigenvalue weighted by Crippen LogP contribution is -2.27. The summed E-state index contributed by atoms with van der Waals surface area (Å²) in [5.74, 6) is 0.0688. The van der Waals surface area contributed by atoms with Crippen molar-refractivity contribution in [2.45, 2.75) is 24.1 Å². The van der Waals surface area contributed by atoms with Crippen LogP contribution in [0, 0.1) is 0 Å². The maximum absolute atomic E-state index is 11.7. The number of nitrogens with one attached hydrogen (secondary N) is 1. The molecule has 0 radical (unpaired) electrons. The zero-order chi connectivity index (χ0) is 16.2. The summed E-state index contributed by atoms with van der Waals surface area (Å²) >= 11 is 1.85. The summed E-state index contributed by atoms with van der Waals surface area (Å²) in [5.41, 5.74) is 2.85. The van der Waals surface area contributed by atoms with E-state index in [4.69, 9.17) is 0 Å². The van der Waals surface area contributed by atoms with Crippen LogP contribution in [0.2, 0.25) is 0 Å². The fraction of sp³-hybridized carbons (Fsp3) is 0.211. The Bertz CT molecular complexity index is 742. The lowest BCUT2D eigenvalue weighted by molar-refractivity contribution is 0.101. The number of para-hydroxylation sites is 2. The highest BCUT2D eigenvalue weighted by Crippen LogP contribution is 2.43. The Morgan fingerprint density at radius 2 is 1.96 bits per heavy atom. The average Bonchev–Trinajstić information content (AvgIpc) is 2.92. The molecule has 0 aliphatic carbocycles. The Labute approximate surface area is 141 Å². The number of thioether (sulfide) groups is 1. The van der Waals surface area contributed by atoms with E-state index in [-0.39, 0.29) is 11.2 Å². The quantitative estimate of drug-likeness (QED) is 0.803. The summed E-state index contributed by atoms with van der Waals surface area (Å²) in [5, 5.41) is 3.52. The normalized spacial score (nSPS) is 16.6. The largest absolute Gasteiger partial charge is 0.361 e. The van der Waals surface area contributed by atoms with Crippen LogP contribution in [-0.2, 0) is 0 Å². The molecule has 1 atom stereocenters.